The van der Waals surface area contributed by atoms with Crippen LogP contribution in [-0.2, 0) is 9.47 Å². The molecule has 0 amide bonds. The molecule has 6 N–H and O–H groups in total. The average Bonchev–Trinajstić information content (AvgIpc) is 3.44. The van der Waals surface area contributed by atoms with Crippen molar-refractivity contribution >= 4 is 29.8 Å². The lowest BCUT2D eigenvalue weighted by Crippen LogP contribution is -2.52. The molecule has 0 radical (unpaired) electrons. The zero-order valence-corrected chi connectivity index (χ0v) is 25.5. The Bertz CT molecular complexity index is 1160. The van der Waals surface area contributed by atoms with Gasteiger partial charge in [-0.3, -0.25) is 15.4 Å². The minimum Gasteiger partial charge on any atom is -0.396 e. The Morgan fingerprint density at radius 3 is 1.77 bits per heavy atom. The van der Waals surface area contributed by atoms with Gasteiger partial charge in [0.05, 0.1) is 18.1 Å². The number of aldehydes is 1. The Morgan fingerprint density at radius 1 is 0.744 bits per heavy atom. The lowest BCUT2D eigenvalue weighted by Gasteiger charge is -2.38. The molecule has 1 aromatic rings. The lowest BCUT2D eigenvalue weighted by molar-refractivity contribution is -0.0562. The molecule has 43 heavy (non-hydrogen) atoms. The van der Waals surface area contributed by atoms with E-state index in [4.69, 9.17) is 19.7 Å². The third-order valence-electron chi connectivity index (χ3n) is 7.30. The lowest BCUT2D eigenvalue weighted by atomic mass is 9.88. The van der Waals surface area contributed by atoms with Crippen molar-refractivity contribution < 1.29 is 34.7 Å². The minimum atomic E-state index is -0.874. The zero-order chi connectivity index (χ0) is 30.8. The van der Waals surface area contributed by atoms with E-state index < -0.39 is 11.4 Å². The molecule has 2 aliphatic carbocycles. The van der Waals surface area contributed by atoms with Gasteiger partial charge in [-0.1, -0.05) is 60.8 Å². The third kappa shape index (κ3) is 10.0. The second-order valence-electron chi connectivity index (χ2n) is 10.3. The molecule has 1 aromatic heterocycles. The first-order valence-electron chi connectivity index (χ1n) is 14.9. The first-order chi connectivity index (χ1) is 21.1. The number of carbonyl (C=O) groups is 1. The van der Waals surface area contributed by atoms with Crippen LogP contribution in [0.3, 0.4) is 0 Å². The summed E-state index contributed by atoms with van der Waals surface area (Å²) in [6.45, 7) is 1.69. The largest absolute Gasteiger partial charge is 0.396 e. The molecule has 2 aliphatic rings. The van der Waals surface area contributed by atoms with Crippen molar-refractivity contribution in [2.45, 2.75) is 37.1 Å². The fourth-order valence-electron chi connectivity index (χ4n) is 5.05. The van der Waals surface area contributed by atoms with Gasteiger partial charge in [-0.2, -0.15) is 0 Å². The quantitative estimate of drug-likeness (QED) is 0.0700. The number of unbranched alkanes of at least 4 members (excludes halogenated alkanes) is 2. The normalized spacial score (nSPS) is 25.0. The molecule has 0 saturated heterocycles. The number of thiophene rings is 1. The highest BCUT2D eigenvalue weighted by Crippen LogP contribution is 2.33. The van der Waals surface area contributed by atoms with E-state index in [9.17, 15) is 15.0 Å². The van der Waals surface area contributed by atoms with Gasteiger partial charge < -0.3 is 29.9 Å². The van der Waals surface area contributed by atoms with Crippen LogP contribution >= 0.6 is 11.3 Å². The van der Waals surface area contributed by atoms with Gasteiger partial charge in [0.15, 0.2) is 6.29 Å². The number of carbonyl (C=O) groups excluding carboxylic acids is 1. The summed E-state index contributed by atoms with van der Waals surface area (Å²) in [6, 6.07) is 0. The summed E-state index contributed by atoms with van der Waals surface area (Å²) in [6.07, 6.45) is 27.2. The van der Waals surface area contributed by atoms with E-state index in [0.717, 1.165) is 17.4 Å². The van der Waals surface area contributed by atoms with Gasteiger partial charge in [-0.25, -0.2) is 0 Å². The van der Waals surface area contributed by atoms with Gasteiger partial charge in [-0.15, -0.1) is 11.3 Å². The summed E-state index contributed by atoms with van der Waals surface area (Å²) in [5, 5.41) is 46.0. The third-order valence-corrected chi connectivity index (χ3v) is 8.24. The molecule has 236 valence electrons. The van der Waals surface area contributed by atoms with Crippen LogP contribution in [0.15, 0.2) is 66.1 Å². The summed E-state index contributed by atoms with van der Waals surface area (Å²) in [4.78, 5) is 12.6. The number of nitrogens with one attached hydrogen (secondary N) is 2. The highest BCUT2D eigenvalue weighted by Gasteiger charge is 2.36. The SMILES string of the molecule is O=Cc1scc(C=CC2C=CC=CC2(NCCO)OCCCCO)c1C=CC1C=CC=CC1(NCCO)OCCCCO. The molecule has 10 heteroatoms. The van der Waals surface area contributed by atoms with Crippen molar-refractivity contribution in [3.8, 4) is 0 Å². The number of aliphatic hydroxyl groups is 4. The summed E-state index contributed by atoms with van der Waals surface area (Å²) < 4.78 is 12.6. The van der Waals surface area contributed by atoms with Crippen LogP contribution in [0.2, 0.25) is 0 Å². The van der Waals surface area contributed by atoms with E-state index in [1.54, 1.807) is 0 Å². The van der Waals surface area contributed by atoms with Crippen LogP contribution < -0.4 is 10.6 Å². The molecule has 0 fully saturated rings. The summed E-state index contributed by atoms with van der Waals surface area (Å²) in [7, 11) is 0. The van der Waals surface area contributed by atoms with Crippen molar-refractivity contribution in [3.63, 3.8) is 0 Å². The van der Waals surface area contributed by atoms with E-state index in [2.05, 4.69) is 10.6 Å². The molecule has 4 unspecified atom stereocenters. The molecule has 0 bridgehead atoms. The van der Waals surface area contributed by atoms with Crippen molar-refractivity contribution in [1.82, 2.24) is 10.6 Å². The van der Waals surface area contributed by atoms with Crippen molar-refractivity contribution in [1.29, 1.82) is 0 Å². The second kappa shape index (κ2) is 19.0. The second-order valence-corrected chi connectivity index (χ2v) is 11.2. The van der Waals surface area contributed by atoms with Crippen LogP contribution in [0.1, 0.15) is 46.5 Å². The highest BCUT2D eigenvalue weighted by atomic mass is 32.1. The molecule has 0 saturated carbocycles. The molecule has 0 aromatic carbocycles. The van der Waals surface area contributed by atoms with Gasteiger partial charge >= 0.3 is 0 Å². The maximum Gasteiger partial charge on any atom is 0.160 e. The van der Waals surface area contributed by atoms with Crippen LogP contribution in [-0.4, -0.2) is 90.9 Å². The van der Waals surface area contributed by atoms with E-state index in [0.29, 0.717) is 56.9 Å². The number of rotatable bonds is 21. The van der Waals surface area contributed by atoms with Gasteiger partial charge in [0.1, 0.15) is 11.4 Å². The van der Waals surface area contributed by atoms with Crippen LogP contribution in [0.5, 0.6) is 0 Å². The summed E-state index contributed by atoms with van der Waals surface area (Å²) in [5.41, 5.74) is -0.0473. The molecule has 1 heterocycles. The predicted octanol–water partition coefficient (Wildman–Crippen LogP) is 3.21. The van der Waals surface area contributed by atoms with Crippen molar-refractivity contribution in [2.24, 2.45) is 11.8 Å². The van der Waals surface area contributed by atoms with E-state index >= 15 is 0 Å². The number of ether oxygens (including phenoxy) is 2. The van der Waals surface area contributed by atoms with Gasteiger partial charge in [0.25, 0.3) is 0 Å². The maximum absolute atomic E-state index is 12.0. The number of allylic oxidation sites excluding steroid dienone is 4. The Morgan fingerprint density at radius 2 is 1.28 bits per heavy atom. The van der Waals surface area contributed by atoms with Crippen LogP contribution in [0, 0.1) is 11.8 Å². The minimum absolute atomic E-state index is 0.0392. The average molecular weight is 615 g/mol. The summed E-state index contributed by atoms with van der Waals surface area (Å²) >= 11 is 1.37. The van der Waals surface area contributed by atoms with Gasteiger partial charge in [-0.05, 0) is 48.8 Å². The van der Waals surface area contributed by atoms with Crippen LogP contribution in [0.25, 0.3) is 12.2 Å². The molecular formula is C33H46N2O7S. The number of hydrogen-bond donors (Lipinski definition) is 6. The number of hydrogen-bond acceptors (Lipinski definition) is 10. The molecule has 0 spiro atoms. The Balaban J connectivity index is 1.87. The maximum atomic E-state index is 12.0. The first kappa shape index (κ1) is 35.0. The highest BCUT2D eigenvalue weighted by molar-refractivity contribution is 7.12. The first-order valence-corrected chi connectivity index (χ1v) is 15.8. The van der Waals surface area contributed by atoms with Crippen molar-refractivity contribution in [3.05, 3.63) is 82.1 Å². The Labute approximate surface area is 258 Å². The monoisotopic (exact) mass is 614 g/mol. The van der Waals surface area contributed by atoms with E-state index in [1.165, 1.54) is 11.3 Å². The molecule has 4 atom stereocenters. The zero-order valence-electron chi connectivity index (χ0n) is 24.6. The standard InChI is InChI=1S/C33H46N2O7S/c36-19-5-7-23-41-32(34-17-21-38)15-3-1-9-28(32)12-11-27-26-43-31(25-40)30(27)14-13-29-10-2-4-16-33(29,35-18-22-39)42-24-8-6-20-37/h1-4,9-16,25-26,28-29,34-39H,5-8,17-24H2. The number of aliphatic hydroxyl groups excluding tert-OH is 4. The van der Waals surface area contributed by atoms with Crippen LogP contribution in [0.4, 0.5) is 0 Å². The van der Waals surface area contributed by atoms with E-state index in [-0.39, 0.29) is 38.3 Å². The van der Waals surface area contributed by atoms with Gasteiger partial charge in [0.2, 0.25) is 0 Å². The Kier molecular flexibility index (Phi) is 15.5. The molecule has 3 rings (SSSR count). The van der Waals surface area contributed by atoms with E-state index in [1.807, 2.05) is 78.3 Å². The van der Waals surface area contributed by atoms with Crippen molar-refractivity contribution in [2.75, 3.05) is 52.7 Å². The summed E-state index contributed by atoms with van der Waals surface area (Å²) in [5.74, 6) is -0.410. The molecule has 9 nitrogen and oxygen atoms in total. The fraction of sp³-hybridized carbons (Fsp3) is 0.485. The predicted molar refractivity (Wildman–Crippen MR) is 171 cm³/mol. The topological polar surface area (TPSA) is 141 Å². The molecular weight excluding hydrogens is 568 g/mol. The molecule has 0 aliphatic heterocycles. The Hall–Kier alpha value is -2.51. The smallest absolute Gasteiger partial charge is 0.160 e. The van der Waals surface area contributed by atoms with Gasteiger partial charge in [0, 0.05) is 56.9 Å². The fourth-order valence-corrected chi connectivity index (χ4v) is 5.87.